The number of hydrogen-bond acceptors (Lipinski definition) is 8. The number of β-lactam (4-membered cyclic amide) rings is 1. The van der Waals surface area contributed by atoms with Gasteiger partial charge in [0.25, 0.3) is 11.5 Å². The first-order valence-corrected chi connectivity index (χ1v) is 14.3. The fourth-order valence-corrected chi connectivity index (χ4v) is 6.75. The van der Waals surface area contributed by atoms with Gasteiger partial charge >= 0.3 is 5.69 Å². The molecule has 4 aromatic rings. The van der Waals surface area contributed by atoms with Crippen LogP contribution in [0.15, 0.2) is 52.3 Å². The molecule has 0 spiro atoms. The number of benzene rings is 1. The van der Waals surface area contributed by atoms with Crippen LogP contribution in [0.2, 0.25) is 0 Å². The van der Waals surface area contributed by atoms with Gasteiger partial charge in [-0.1, -0.05) is 36.5 Å². The van der Waals surface area contributed by atoms with E-state index in [2.05, 4.69) is 11.2 Å². The van der Waals surface area contributed by atoms with Crippen molar-refractivity contribution in [3.63, 3.8) is 0 Å². The van der Waals surface area contributed by atoms with Crippen LogP contribution in [0, 0.1) is 18.3 Å². The largest absolute Gasteiger partial charge is 0.496 e. The Hall–Kier alpha value is -4.21. The summed E-state index contributed by atoms with van der Waals surface area (Å²) in [7, 11) is 1.56. The highest BCUT2D eigenvalue weighted by molar-refractivity contribution is 7.21. The van der Waals surface area contributed by atoms with E-state index in [0.29, 0.717) is 38.6 Å². The van der Waals surface area contributed by atoms with E-state index >= 15 is 0 Å². The van der Waals surface area contributed by atoms with Crippen LogP contribution in [0.1, 0.15) is 43.9 Å². The number of thiophene rings is 1. The van der Waals surface area contributed by atoms with Crippen LogP contribution in [0.4, 0.5) is 0 Å². The van der Waals surface area contributed by atoms with Gasteiger partial charge in [-0.25, -0.2) is 14.0 Å². The average molecular weight is 577 g/mol. The molecular formula is C29H32N6O5S. The number of para-hydroxylation sites is 1. The van der Waals surface area contributed by atoms with Crippen molar-refractivity contribution >= 4 is 27.5 Å². The monoisotopic (exact) mass is 576 g/mol. The molecular weight excluding hydrogens is 544 g/mol. The van der Waals surface area contributed by atoms with E-state index in [1.807, 2.05) is 32.0 Å². The summed E-state index contributed by atoms with van der Waals surface area (Å²) in [6.45, 7) is 6.45. The van der Waals surface area contributed by atoms with Crippen molar-refractivity contribution in [3.8, 4) is 16.8 Å². The number of hydrogen-bond donors (Lipinski definition) is 0. The van der Waals surface area contributed by atoms with Gasteiger partial charge in [-0.05, 0) is 32.4 Å². The zero-order valence-corrected chi connectivity index (χ0v) is 24.3. The molecule has 0 radical (unpaired) electrons. The third-order valence-corrected chi connectivity index (χ3v) is 8.81. The highest BCUT2D eigenvalue weighted by Gasteiger charge is 2.51. The summed E-state index contributed by atoms with van der Waals surface area (Å²) < 4.78 is 16.0. The fourth-order valence-electron chi connectivity index (χ4n) is 5.50. The topological polar surface area (TPSA) is 124 Å². The summed E-state index contributed by atoms with van der Waals surface area (Å²) in [4.78, 5) is 43.9. The van der Waals surface area contributed by atoms with Crippen molar-refractivity contribution in [3.05, 3.63) is 74.7 Å². The van der Waals surface area contributed by atoms with Crippen molar-refractivity contribution in [1.82, 2.24) is 23.8 Å². The maximum Gasteiger partial charge on any atom is 0.333 e. The first kappa shape index (κ1) is 28.3. The molecule has 0 aliphatic carbocycles. The standard InChI is InChI=1S/C29H32N6O5S/c1-5-14-32-18-29(3,27(32)37)35-24(36)23-19(2)25(34-15-9-13-31-34)41-26(23)33(28(35)38)17-22(40-16-8-12-30)20-10-6-7-11-21(20)39-4/h6-7,9-11,13,15,22H,5,8,14,16-18H2,1-4H3/t22-,29?/m0/s1. The highest BCUT2D eigenvalue weighted by Crippen LogP contribution is 2.35. The van der Waals surface area contributed by atoms with E-state index in [9.17, 15) is 14.4 Å². The second-order valence-electron chi connectivity index (χ2n) is 10.2. The van der Waals surface area contributed by atoms with Crippen LogP contribution in [0.25, 0.3) is 15.2 Å². The van der Waals surface area contributed by atoms with Gasteiger partial charge in [-0.15, -0.1) is 0 Å². The number of nitrogens with zero attached hydrogens (tertiary/aromatic N) is 6. The van der Waals surface area contributed by atoms with E-state index in [0.717, 1.165) is 11.0 Å². The van der Waals surface area contributed by atoms with Crippen molar-refractivity contribution in [2.45, 2.75) is 51.8 Å². The molecule has 1 saturated heterocycles. The Balaban J connectivity index is 1.74. The Bertz CT molecular complexity index is 1750. The predicted molar refractivity (Wildman–Crippen MR) is 155 cm³/mol. The lowest BCUT2D eigenvalue weighted by Gasteiger charge is -2.47. The third-order valence-electron chi connectivity index (χ3n) is 7.50. The second kappa shape index (κ2) is 11.3. The number of methoxy groups -OCH3 is 1. The zero-order valence-electron chi connectivity index (χ0n) is 23.5. The van der Waals surface area contributed by atoms with Crippen molar-refractivity contribution < 1.29 is 14.3 Å². The molecule has 3 aromatic heterocycles. The van der Waals surface area contributed by atoms with Gasteiger partial charge in [0, 0.05) is 30.1 Å². The molecule has 1 amide bonds. The van der Waals surface area contributed by atoms with Crippen molar-refractivity contribution in [2.75, 3.05) is 26.8 Å². The highest BCUT2D eigenvalue weighted by atomic mass is 32.1. The Morgan fingerprint density at radius 2 is 2.00 bits per heavy atom. The van der Waals surface area contributed by atoms with Gasteiger partial charge in [0.2, 0.25) is 0 Å². The summed E-state index contributed by atoms with van der Waals surface area (Å²) in [6, 6.07) is 11.2. The van der Waals surface area contributed by atoms with Crippen molar-refractivity contribution in [1.29, 1.82) is 5.26 Å². The van der Waals surface area contributed by atoms with Crippen LogP contribution in [-0.2, 0) is 21.6 Å². The minimum atomic E-state index is -1.30. The predicted octanol–water partition coefficient (Wildman–Crippen LogP) is 3.37. The number of nitriles is 1. The quantitative estimate of drug-likeness (QED) is 0.198. The number of rotatable bonds is 11. The number of amides is 1. The van der Waals surface area contributed by atoms with Crippen LogP contribution in [0.3, 0.4) is 0 Å². The molecule has 12 heteroatoms. The molecule has 0 N–H and O–H groups in total. The Morgan fingerprint density at radius 3 is 2.66 bits per heavy atom. The second-order valence-corrected chi connectivity index (χ2v) is 11.2. The lowest BCUT2D eigenvalue weighted by Crippen LogP contribution is -2.70. The van der Waals surface area contributed by atoms with Gasteiger partial charge in [0.05, 0.1) is 44.7 Å². The third kappa shape index (κ3) is 4.75. The van der Waals surface area contributed by atoms with Crippen LogP contribution in [0.5, 0.6) is 5.75 Å². The van der Waals surface area contributed by atoms with Crippen molar-refractivity contribution in [2.24, 2.45) is 0 Å². The van der Waals surface area contributed by atoms with E-state index in [1.54, 1.807) is 48.1 Å². The summed E-state index contributed by atoms with van der Waals surface area (Å²) in [5.41, 5.74) is -1.03. The van der Waals surface area contributed by atoms with Gasteiger partial charge in [0.1, 0.15) is 27.2 Å². The molecule has 1 fully saturated rings. The molecule has 214 valence electrons. The molecule has 4 heterocycles. The molecule has 41 heavy (non-hydrogen) atoms. The summed E-state index contributed by atoms with van der Waals surface area (Å²) in [6.07, 6.45) is 3.69. The summed E-state index contributed by atoms with van der Waals surface area (Å²) in [5, 5.41) is 14.5. The minimum Gasteiger partial charge on any atom is -0.496 e. The molecule has 1 aliphatic heterocycles. The smallest absolute Gasteiger partial charge is 0.333 e. The number of likely N-dealkylation sites (tertiary alicyclic amines) is 1. The SMILES string of the molecule is CCCN1CC(C)(n2c(=O)c3c(C)c(-n4cccn4)sc3n(C[C@H](OCCC#N)c3ccccc3OC)c2=O)C1=O. The maximum absolute atomic E-state index is 14.3. The number of aryl methyl sites for hydroxylation is 1. The number of carbonyl (C=O) groups excluding carboxylic acids is 1. The fraction of sp³-hybridized carbons (Fsp3) is 0.414. The molecule has 0 bridgehead atoms. The molecule has 11 nitrogen and oxygen atoms in total. The maximum atomic E-state index is 14.3. The lowest BCUT2D eigenvalue weighted by molar-refractivity contribution is -0.156. The molecule has 1 unspecified atom stereocenters. The van der Waals surface area contributed by atoms with Gasteiger partial charge in [0.15, 0.2) is 0 Å². The average Bonchev–Trinajstić information content (AvgIpc) is 3.62. The van der Waals surface area contributed by atoms with Crippen LogP contribution < -0.4 is 16.0 Å². The summed E-state index contributed by atoms with van der Waals surface area (Å²) in [5.74, 6) is 0.319. The summed E-state index contributed by atoms with van der Waals surface area (Å²) >= 11 is 1.28. The number of ether oxygens (including phenoxy) is 2. The van der Waals surface area contributed by atoms with E-state index in [4.69, 9.17) is 14.7 Å². The Morgan fingerprint density at radius 1 is 1.22 bits per heavy atom. The Kier molecular flexibility index (Phi) is 7.84. The van der Waals surface area contributed by atoms with E-state index < -0.39 is 22.9 Å². The minimum absolute atomic E-state index is 0.0306. The number of carbonyl (C=O) groups is 1. The number of aromatic nitrogens is 4. The van der Waals surface area contributed by atoms with Gasteiger partial charge in [-0.2, -0.15) is 10.4 Å². The molecule has 1 aliphatic rings. The van der Waals surface area contributed by atoms with Gasteiger partial charge < -0.3 is 14.4 Å². The first-order valence-electron chi connectivity index (χ1n) is 13.5. The Labute approximate surface area is 240 Å². The lowest BCUT2D eigenvalue weighted by atomic mass is 9.90. The van der Waals surface area contributed by atoms with E-state index in [1.165, 1.54) is 15.9 Å². The van der Waals surface area contributed by atoms with Crippen LogP contribution >= 0.6 is 11.3 Å². The molecule has 1 aromatic carbocycles. The number of fused-ring (bicyclic) bond motifs is 1. The molecule has 5 rings (SSSR count). The molecule has 2 atom stereocenters. The van der Waals surface area contributed by atoms with E-state index in [-0.39, 0.29) is 32.0 Å². The zero-order chi connectivity index (χ0) is 29.3. The molecule has 0 saturated carbocycles. The first-order chi connectivity index (χ1) is 19.8. The normalized spacial score (nSPS) is 17.4. The van der Waals surface area contributed by atoms with Crippen LogP contribution in [-0.4, -0.2) is 56.5 Å². The van der Waals surface area contributed by atoms with Gasteiger partial charge in [-0.3, -0.25) is 14.2 Å².